The molecule has 0 fully saturated rings. The number of primary sulfonamides is 1. The summed E-state index contributed by atoms with van der Waals surface area (Å²) in [4.78, 5) is 23.9. The first-order chi connectivity index (χ1) is 12.8. The predicted octanol–water partition coefficient (Wildman–Crippen LogP) is -0.363. The molecule has 2 aromatic rings. The molecule has 0 spiro atoms. The zero-order valence-electron chi connectivity index (χ0n) is 14.9. The Bertz CT molecular complexity index is 883. The Morgan fingerprint density at radius 2 is 1.70 bits per heavy atom. The van der Waals surface area contributed by atoms with Crippen LogP contribution in [0.15, 0.2) is 59.5 Å². The topological polar surface area (TPSA) is 135 Å². The molecule has 8 nitrogen and oxygen atoms in total. The number of sulfonamides is 1. The first-order valence-electron chi connectivity index (χ1n) is 8.34. The lowest BCUT2D eigenvalue weighted by atomic mass is 10.1. The van der Waals surface area contributed by atoms with Crippen molar-refractivity contribution in [1.29, 1.82) is 0 Å². The Labute approximate surface area is 158 Å². The average molecular weight is 391 g/mol. The number of hydrogen-bond donors (Lipinski definition) is 4. The number of nitrogens with one attached hydrogen (secondary N) is 2. The van der Waals surface area contributed by atoms with E-state index in [1.807, 2.05) is 35.6 Å². The highest BCUT2D eigenvalue weighted by molar-refractivity contribution is 7.89. The van der Waals surface area contributed by atoms with Gasteiger partial charge in [-0.2, -0.15) is 0 Å². The summed E-state index contributed by atoms with van der Waals surface area (Å²) < 4.78 is 22.6. The molecule has 0 saturated carbocycles. The van der Waals surface area contributed by atoms with Gasteiger partial charge in [0.25, 0.3) is 5.91 Å². The number of quaternary nitrogens is 1. The number of imide groups is 1. The van der Waals surface area contributed by atoms with Crippen molar-refractivity contribution in [2.45, 2.75) is 17.4 Å². The van der Waals surface area contributed by atoms with Crippen LogP contribution < -0.4 is 21.1 Å². The van der Waals surface area contributed by atoms with Crippen molar-refractivity contribution in [1.82, 2.24) is 10.6 Å². The van der Waals surface area contributed by atoms with Crippen LogP contribution in [0.5, 0.6) is 0 Å². The van der Waals surface area contributed by atoms with E-state index in [1.54, 1.807) is 12.1 Å². The SMILES string of the molecule is CNC(=O)NC(=O)[C@H]([NH2+]CCc1ccc(S(N)(=O)=O)cc1)c1ccccc1. The van der Waals surface area contributed by atoms with Gasteiger partial charge in [-0.1, -0.05) is 42.5 Å². The van der Waals surface area contributed by atoms with Crippen molar-refractivity contribution < 1.29 is 23.3 Å². The number of benzene rings is 2. The Morgan fingerprint density at radius 3 is 2.26 bits per heavy atom. The second-order valence-electron chi connectivity index (χ2n) is 5.92. The molecule has 0 bridgehead atoms. The number of carbonyl (C=O) groups excluding carboxylic acids is 2. The van der Waals surface area contributed by atoms with E-state index in [0.717, 1.165) is 11.1 Å². The summed E-state index contributed by atoms with van der Waals surface area (Å²) in [6.07, 6.45) is 0.613. The number of rotatable bonds is 7. The van der Waals surface area contributed by atoms with Crippen LogP contribution in [0.25, 0.3) is 0 Å². The molecule has 0 aromatic heterocycles. The molecule has 1 atom stereocenters. The molecule has 144 valence electrons. The highest BCUT2D eigenvalue weighted by Gasteiger charge is 2.25. The molecular weight excluding hydrogens is 368 g/mol. The zero-order chi connectivity index (χ0) is 19.9. The second kappa shape index (κ2) is 9.26. The van der Waals surface area contributed by atoms with E-state index < -0.39 is 28.0 Å². The maximum Gasteiger partial charge on any atom is 0.321 e. The molecule has 0 radical (unpaired) electrons. The summed E-state index contributed by atoms with van der Waals surface area (Å²) in [6.45, 7) is 0.565. The first-order valence-corrected chi connectivity index (χ1v) is 9.88. The van der Waals surface area contributed by atoms with Crippen molar-refractivity contribution in [2.75, 3.05) is 13.6 Å². The fourth-order valence-electron chi connectivity index (χ4n) is 2.57. The summed E-state index contributed by atoms with van der Waals surface area (Å²) in [7, 11) is -2.27. The standard InChI is InChI=1S/C18H22N4O4S/c1-20-18(24)22-17(23)16(14-5-3-2-4-6-14)21-12-11-13-7-9-15(10-8-13)27(19,25)26/h2-10,16,21H,11-12H2,1H3,(H2,19,25,26)(H2,20,22,23,24)/p+1/t16-/m1/s1. The van der Waals surface area contributed by atoms with E-state index in [0.29, 0.717) is 13.0 Å². The van der Waals surface area contributed by atoms with Gasteiger partial charge in [-0.25, -0.2) is 18.4 Å². The lowest BCUT2D eigenvalue weighted by Crippen LogP contribution is -2.88. The lowest BCUT2D eigenvalue weighted by Gasteiger charge is -2.15. The number of amides is 3. The monoisotopic (exact) mass is 391 g/mol. The van der Waals surface area contributed by atoms with Crippen molar-refractivity contribution in [3.8, 4) is 0 Å². The molecule has 0 heterocycles. The van der Waals surface area contributed by atoms with Crippen LogP contribution in [0.4, 0.5) is 4.79 Å². The summed E-state index contributed by atoms with van der Waals surface area (Å²) in [6, 6.07) is 14.3. The summed E-state index contributed by atoms with van der Waals surface area (Å²) >= 11 is 0. The van der Waals surface area contributed by atoms with Crippen LogP contribution in [0.2, 0.25) is 0 Å². The number of hydrogen-bond acceptors (Lipinski definition) is 4. The van der Waals surface area contributed by atoms with Crippen LogP contribution in [-0.2, 0) is 21.2 Å². The third-order valence-electron chi connectivity index (χ3n) is 3.99. The third kappa shape index (κ3) is 6.17. The molecular formula is C18H23N4O4S+. The van der Waals surface area contributed by atoms with Crippen LogP contribution in [0.1, 0.15) is 17.2 Å². The van der Waals surface area contributed by atoms with Gasteiger partial charge in [0.05, 0.1) is 11.4 Å². The van der Waals surface area contributed by atoms with Crippen LogP contribution in [0.3, 0.4) is 0 Å². The largest absolute Gasteiger partial charge is 0.341 e. The van der Waals surface area contributed by atoms with Gasteiger partial charge >= 0.3 is 6.03 Å². The molecule has 3 amide bonds. The van der Waals surface area contributed by atoms with E-state index in [4.69, 9.17) is 5.14 Å². The fraction of sp³-hybridized carbons (Fsp3) is 0.222. The number of urea groups is 1. The summed E-state index contributed by atoms with van der Waals surface area (Å²) in [5.74, 6) is -0.412. The highest BCUT2D eigenvalue weighted by Crippen LogP contribution is 2.10. The van der Waals surface area contributed by atoms with Crippen molar-refractivity contribution in [2.24, 2.45) is 5.14 Å². The predicted molar refractivity (Wildman–Crippen MR) is 100 cm³/mol. The molecule has 0 aliphatic heterocycles. The van der Waals surface area contributed by atoms with Gasteiger partial charge < -0.3 is 10.6 Å². The first kappa shape index (κ1) is 20.6. The normalized spacial score (nSPS) is 12.2. The minimum Gasteiger partial charge on any atom is -0.341 e. The van der Waals surface area contributed by atoms with Gasteiger partial charge in [0.15, 0.2) is 6.04 Å². The molecule has 6 N–H and O–H groups in total. The Hall–Kier alpha value is -2.75. The quantitative estimate of drug-likeness (QED) is 0.512. The highest BCUT2D eigenvalue weighted by atomic mass is 32.2. The van der Waals surface area contributed by atoms with Gasteiger partial charge in [-0.3, -0.25) is 10.1 Å². The maximum absolute atomic E-state index is 12.4. The Balaban J connectivity index is 2.03. The number of carbonyl (C=O) groups is 2. The van der Waals surface area contributed by atoms with E-state index in [2.05, 4.69) is 10.6 Å². The van der Waals surface area contributed by atoms with Crippen LogP contribution >= 0.6 is 0 Å². The minimum atomic E-state index is -3.71. The van der Waals surface area contributed by atoms with Gasteiger partial charge in [0.1, 0.15) is 0 Å². The second-order valence-corrected chi connectivity index (χ2v) is 7.48. The molecule has 2 rings (SSSR count). The van der Waals surface area contributed by atoms with Gasteiger partial charge in [0, 0.05) is 19.0 Å². The van der Waals surface area contributed by atoms with Crippen LogP contribution in [0, 0.1) is 0 Å². The van der Waals surface area contributed by atoms with Gasteiger partial charge in [-0.05, 0) is 17.7 Å². The Morgan fingerprint density at radius 1 is 1.07 bits per heavy atom. The molecule has 0 unspecified atom stereocenters. The molecule has 0 aliphatic carbocycles. The zero-order valence-corrected chi connectivity index (χ0v) is 15.7. The van der Waals surface area contributed by atoms with E-state index in [9.17, 15) is 18.0 Å². The molecule has 0 saturated heterocycles. The molecule has 2 aromatic carbocycles. The lowest BCUT2D eigenvalue weighted by molar-refractivity contribution is -0.682. The third-order valence-corrected chi connectivity index (χ3v) is 4.92. The average Bonchev–Trinajstić information content (AvgIpc) is 2.65. The molecule has 27 heavy (non-hydrogen) atoms. The van der Waals surface area contributed by atoms with Crippen molar-refractivity contribution >= 4 is 22.0 Å². The summed E-state index contributed by atoms with van der Waals surface area (Å²) in [5.41, 5.74) is 1.70. The molecule has 9 heteroatoms. The number of nitrogens with two attached hydrogens (primary N) is 2. The summed E-state index contributed by atoms with van der Waals surface area (Å²) in [5, 5.41) is 11.6. The van der Waals surface area contributed by atoms with Gasteiger partial charge in [0.2, 0.25) is 10.0 Å². The smallest absolute Gasteiger partial charge is 0.321 e. The minimum absolute atomic E-state index is 0.0577. The van der Waals surface area contributed by atoms with Gasteiger partial charge in [-0.15, -0.1) is 0 Å². The van der Waals surface area contributed by atoms with E-state index in [1.165, 1.54) is 19.2 Å². The maximum atomic E-state index is 12.4. The van der Waals surface area contributed by atoms with Crippen molar-refractivity contribution in [3.63, 3.8) is 0 Å². The fourth-order valence-corrected chi connectivity index (χ4v) is 3.08. The van der Waals surface area contributed by atoms with Crippen LogP contribution in [-0.4, -0.2) is 33.9 Å². The van der Waals surface area contributed by atoms with E-state index >= 15 is 0 Å². The Kier molecular flexibility index (Phi) is 7.05. The van der Waals surface area contributed by atoms with E-state index in [-0.39, 0.29) is 4.90 Å². The van der Waals surface area contributed by atoms with Crippen molar-refractivity contribution in [3.05, 3.63) is 65.7 Å². The molecule has 0 aliphatic rings.